The minimum absolute atomic E-state index is 0.102. The van der Waals surface area contributed by atoms with Crippen LogP contribution < -0.4 is 14.8 Å². The lowest BCUT2D eigenvalue weighted by Gasteiger charge is -2.19. The Hall–Kier alpha value is -1.68. The summed E-state index contributed by atoms with van der Waals surface area (Å²) in [5, 5.41) is 3.49. The van der Waals surface area contributed by atoms with Gasteiger partial charge in [-0.25, -0.2) is 0 Å². The van der Waals surface area contributed by atoms with Crippen molar-refractivity contribution in [2.45, 2.75) is 19.9 Å². The zero-order chi connectivity index (χ0) is 15.4. The summed E-state index contributed by atoms with van der Waals surface area (Å²) >= 11 is 3.56. The van der Waals surface area contributed by atoms with Crippen molar-refractivity contribution in [3.63, 3.8) is 0 Å². The Bertz CT molecular complexity index is 628. The first-order valence-electron chi connectivity index (χ1n) is 6.79. The number of halogens is 1. The molecular formula is C17H20BrNO2. The van der Waals surface area contributed by atoms with Gasteiger partial charge in [-0.15, -0.1) is 0 Å². The quantitative estimate of drug-likeness (QED) is 0.828. The second-order valence-corrected chi connectivity index (χ2v) is 5.79. The number of benzene rings is 2. The number of aryl methyl sites for hydroxylation is 1. The molecule has 2 aromatic rings. The number of hydrogen-bond acceptors (Lipinski definition) is 3. The van der Waals surface area contributed by atoms with Crippen molar-refractivity contribution in [1.82, 2.24) is 0 Å². The van der Waals surface area contributed by atoms with E-state index in [0.29, 0.717) is 0 Å². The maximum atomic E-state index is 5.44. The van der Waals surface area contributed by atoms with Crippen LogP contribution in [0.15, 0.2) is 40.9 Å². The lowest BCUT2D eigenvalue weighted by Crippen LogP contribution is -2.08. The van der Waals surface area contributed by atoms with Crippen molar-refractivity contribution in [3.8, 4) is 11.5 Å². The highest BCUT2D eigenvalue weighted by Crippen LogP contribution is 2.32. The molecule has 0 heterocycles. The van der Waals surface area contributed by atoms with Crippen LogP contribution in [0.25, 0.3) is 0 Å². The van der Waals surface area contributed by atoms with E-state index in [1.54, 1.807) is 14.2 Å². The van der Waals surface area contributed by atoms with Crippen LogP contribution in [0.2, 0.25) is 0 Å². The van der Waals surface area contributed by atoms with Crippen molar-refractivity contribution >= 4 is 21.6 Å². The summed E-state index contributed by atoms with van der Waals surface area (Å²) in [4.78, 5) is 0. The van der Waals surface area contributed by atoms with Gasteiger partial charge in [-0.05, 0) is 49.7 Å². The highest BCUT2D eigenvalue weighted by molar-refractivity contribution is 9.10. The van der Waals surface area contributed by atoms with Crippen molar-refractivity contribution in [3.05, 3.63) is 52.0 Å². The minimum Gasteiger partial charge on any atom is -0.497 e. The lowest BCUT2D eigenvalue weighted by atomic mass is 10.1. The van der Waals surface area contributed by atoms with Crippen molar-refractivity contribution < 1.29 is 9.47 Å². The summed E-state index contributed by atoms with van der Waals surface area (Å²) in [5.41, 5.74) is 3.34. The third-order valence-electron chi connectivity index (χ3n) is 3.46. The van der Waals surface area contributed by atoms with E-state index in [4.69, 9.17) is 9.47 Å². The highest BCUT2D eigenvalue weighted by atomic mass is 79.9. The fourth-order valence-corrected chi connectivity index (χ4v) is 2.57. The molecule has 1 unspecified atom stereocenters. The molecular weight excluding hydrogens is 330 g/mol. The highest BCUT2D eigenvalue weighted by Gasteiger charge is 2.13. The average Bonchev–Trinajstić information content (AvgIpc) is 2.50. The molecule has 4 heteroatoms. The van der Waals surface area contributed by atoms with Gasteiger partial charge in [0.1, 0.15) is 11.5 Å². The van der Waals surface area contributed by atoms with E-state index in [-0.39, 0.29) is 6.04 Å². The molecule has 0 aromatic heterocycles. The van der Waals surface area contributed by atoms with Crippen LogP contribution in [0.5, 0.6) is 11.5 Å². The number of hydrogen-bond donors (Lipinski definition) is 1. The SMILES string of the molecule is COc1ccc(OC)c(C(C)Nc2ccc(C)c(Br)c2)c1. The third kappa shape index (κ3) is 3.70. The summed E-state index contributed by atoms with van der Waals surface area (Å²) in [7, 11) is 3.35. The van der Waals surface area contributed by atoms with Gasteiger partial charge in [-0.2, -0.15) is 0 Å². The molecule has 0 spiro atoms. The van der Waals surface area contributed by atoms with Gasteiger partial charge in [0.15, 0.2) is 0 Å². The van der Waals surface area contributed by atoms with Crippen LogP contribution >= 0.6 is 15.9 Å². The molecule has 3 nitrogen and oxygen atoms in total. The zero-order valence-corrected chi connectivity index (χ0v) is 14.3. The Balaban J connectivity index is 2.26. The van der Waals surface area contributed by atoms with Crippen LogP contribution in [0, 0.1) is 6.92 Å². The molecule has 0 amide bonds. The molecule has 0 saturated carbocycles. The number of rotatable bonds is 5. The van der Waals surface area contributed by atoms with Gasteiger partial charge in [-0.3, -0.25) is 0 Å². The summed E-state index contributed by atoms with van der Waals surface area (Å²) in [6, 6.07) is 12.2. The third-order valence-corrected chi connectivity index (χ3v) is 4.31. The van der Waals surface area contributed by atoms with Gasteiger partial charge in [0.2, 0.25) is 0 Å². The Morgan fingerprint density at radius 2 is 1.81 bits per heavy atom. The summed E-state index contributed by atoms with van der Waals surface area (Å²) in [5.74, 6) is 1.67. The van der Waals surface area contributed by atoms with E-state index in [2.05, 4.69) is 53.3 Å². The molecule has 112 valence electrons. The monoisotopic (exact) mass is 349 g/mol. The Kier molecular flexibility index (Phi) is 5.12. The molecule has 0 aliphatic carbocycles. The van der Waals surface area contributed by atoms with Crippen LogP contribution in [0.3, 0.4) is 0 Å². The molecule has 0 aliphatic heterocycles. The first kappa shape index (κ1) is 15.7. The first-order valence-corrected chi connectivity index (χ1v) is 7.59. The number of nitrogens with one attached hydrogen (secondary N) is 1. The normalized spacial score (nSPS) is 11.9. The van der Waals surface area contributed by atoms with E-state index >= 15 is 0 Å². The topological polar surface area (TPSA) is 30.5 Å². The zero-order valence-electron chi connectivity index (χ0n) is 12.7. The maximum Gasteiger partial charge on any atom is 0.124 e. The molecule has 2 aromatic carbocycles. The van der Waals surface area contributed by atoms with Gasteiger partial charge in [-0.1, -0.05) is 22.0 Å². The van der Waals surface area contributed by atoms with E-state index in [0.717, 1.165) is 27.2 Å². The van der Waals surface area contributed by atoms with E-state index < -0.39 is 0 Å². The molecule has 0 bridgehead atoms. The van der Waals surface area contributed by atoms with Gasteiger partial charge in [0, 0.05) is 15.7 Å². The molecule has 0 radical (unpaired) electrons. The smallest absolute Gasteiger partial charge is 0.124 e. The van der Waals surface area contributed by atoms with Crippen molar-refractivity contribution in [2.75, 3.05) is 19.5 Å². The average molecular weight is 350 g/mol. The fraction of sp³-hybridized carbons (Fsp3) is 0.294. The molecule has 1 N–H and O–H groups in total. The minimum atomic E-state index is 0.102. The van der Waals surface area contributed by atoms with Crippen LogP contribution in [-0.2, 0) is 0 Å². The molecule has 1 atom stereocenters. The Morgan fingerprint density at radius 3 is 2.43 bits per heavy atom. The second kappa shape index (κ2) is 6.85. The standard InChI is InChI=1S/C17H20BrNO2/c1-11-5-6-13(9-16(11)18)19-12(2)15-10-14(20-3)7-8-17(15)21-4/h5-10,12,19H,1-4H3. The molecule has 2 rings (SSSR count). The maximum absolute atomic E-state index is 5.44. The summed E-state index contributed by atoms with van der Waals surface area (Å²) in [6.45, 7) is 4.17. The first-order chi connectivity index (χ1) is 10.0. The van der Waals surface area contributed by atoms with Crippen molar-refractivity contribution in [2.24, 2.45) is 0 Å². The van der Waals surface area contributed by atoms with Crippen LogP contribution in [0.1, 0.15) is 24.1 Å². The molecule has 0 saturated heterocycles. The van der Waals surface area contributed by atoms with Gasteiger partial charge >= 0.3 is 0 Å². The second-order valence-electron chi connectivity index (χ2n) is 4.94. The van der Waals surface area contributed by atoms with E-state index in [1.807, 2.05) is 18.2 Å². The molecule has 0 aliphatic rings. The van der Waals surface area contributed by atoms with Crippen LogP contribution in [0.4, 0.5) is 5.69 Å². The van der Waals surface area contributed by atoms with Crippen molar-refractivity contribution in [1.29, 1.82) is 0 Å². The van der Waals surface area contributed by atoms with Gasteiger partial charge in [0.25, 0.3) is 0 Å². The van der Waals surface area contributed by atoms with Crippen LogP contribution in [-0.4, -0.2) is 14.2 Å². The fourth-order valence-electron chi connectivity index (χ4n) is 2.19. The number of ether oxygens (including phenoxy) is 2. The summed E-state index contributed by atoms with van der Waals surface area (Å²) < 4.78 is 11.8. The van der Waals surface area contributed by atoms with Gasteiger partial charge in [0.05, 0.1) is 20.3 Å². The molecule has 0 fully saturated rings. The largest absolute Gasteiger partial charge is 0.497 e. The Labute approximate surface area is 134 Å². The predicted octanol–water partition coefficient (Wildman–Crippen LogP) is 4.95. The molecule has 21 heavy (non-hydrogen) atoms. The number of anilines is 1. The summed E-state index contributed by atoms with van der Waals surface area (Å²) in [6.07, 6.45) is 0. The number of methoxy groups -OCH3 is 2. The predicted molar refractivity (Wildman–Crippen MR) is 90.5 cm³/mol. The van der Waals surface area contributed by atoms with Gasteiger partial charge < -0.3 is 14.8 Å². The lowest BCUT2D eigenvalue weighted by molar-refractivity contribution is 0.397. The van der Waals surface area contributed by atoms with E-state index in [9.17, 15) is 0 Å². The Morgan fingerprint density at radius 1 is 1.05 bits per heavy atom. The van der Waals surface area contributed by atoms with E-state index in [1.165, 1.54) is 5.56 Å².